The molecule has 0 bridgehead atoms. The number of anilines is 1. The van der Waals surface area contributed by atoms with E-state index in [0.29, 0.717) is 16.7 Å². The maximum Gasteiger partial charge on any atom is 0.142 e. The molecule has 0 saturated carbocycles. The highest BCUT2D eigenvalue weighted by atomic mass is 35.5. The second-order valence-corrected chi connectivity index (χ2v) is 7.54. The van der Waals surface area contributed by atoms with Gasteiger partial charge in [-0.2, -0.15) is 10.2 Å². The highest BCUT2D eigenvalue weighted by Gasteiger charge is 2.15. The van der Waals surface area contributed by atoms with E-state index >= 15 is 0 Å². The number of hydrogen-bond acceptors (Lipinski definition) is 3. The van der Waals surface area contributed by atoms with Crippen molar-refractivity contribution in [3.63, 3.8) is 0 Å². The van der Waals surface area contributed by atoms with Gasteiger partial charge in [0.2, 0.25) is 0 Å². The molecule has 6 heteroatoms. The second kappa shape index (κ2) is 9.16. The first-order valence-corrected chi connectivity index (χ1v) is 10.3. The van der Waals surface area contributed by atoms with Gasteiger partial charge in [-0.3, -0.25) is 5.01 Å². The molecule has 0 saturated heterocycles. The van der Waals surface area contributed by atoms with E-state index in [1.54, 1.807) is 10.9 Å². The Kier molecular flexibility index (Phi) is 6.17. The summed E-state index contributed by atoms with van der Waals surface area (Å²) in [4.78, 5) is 0. The van der Waals surface area contributed by atoms with Gasteiger partial charge in [0, 0.05) is 0 Å². The summed E-state index contributed by atoms with van der Waals surface area (Å²) in [6, 6.07) is 27.7. The summed E-state index contributed by atoms with van der Waals surface area (Å²) in [5, 5.41) is 12.3. The Morgan fingerprint density at radius 3 is 2.23 bits per heavy atom. The van der Waals surface area contributed by atoms with Crippen LogP contribution >= 0.6 is 23.2 Å². The summed E-state index contributed by atoms with van der Waals surface area (Å²) >= 11 is 13.0. The van der Waals surface area contributed by atoms with Crippen molar-refractivity contribution in [2.75, 3.05) is 5.01 Å². The molecule has 0 aliphatic carbocycles. The third-order valence-electron chi connectivity index (χ3n) is 4.68. The highest BCUT2D eigenvalue weighted by Crippen LogP contribution is 2.27. The largest absolute Gasteiger partial charge is 0.261 e. The van der Waals surface area contributed by atoms with E-state index in [1.807, 2.05) is 84.7 Å². The van der Waals surface area contributed by atoms with Crippen LogP contribution in [0.2, 0.25) is 10.2 Å². The van der Waals surface area contributed by atoms with Crippen molar-refractivity contribution in [1.29, 1.82) is 0 Å². The Morgan fingerprint density at radius 2 is 1.53 bits per heavy atom. The van der Waals surface area contributed by atoms with Crippen LogP contribution in [0.4, 0.5) is 5.69 Å². The minimum atomic E-state index is 0.470. The van der Waals surface area contributed by atoms with Crippen molar-refractivity contribution in [3.8, 4) is 5.69 Å². The smallest absolute Gasteiger partial charge is 0.142 e. The summed E-state index contributed by atoms with van der Waals surface area (Å²) < 4.78 is 1.64. The number of hydrazone groups is 1. The van der Waals surface area contributed by atoms with E-state index in [0.717, 1.165) is 28.2 Å². The zero-order valence-corrected chi connectivity index (χ0v) is 17.9. The molecule has 4 aromatic rings. The molecule has 0 radical (unpaired) electrons. The fourth-order valence-corrected chi connectivity index (χ4v) is 3.65. The maximum absolute atomic E-state index is 6.66. The fraction of sp³-hybridized carbons (Fsp3) is 0.0833. The molecule has 1 aromatic heterocycles. The van der Waals surface area contributed by atoms with Crippen LogP contribution in [0.25, 0.3) is 5.69 Å². The fourth-order valence-electron chi connectivity index (χ4n) is 3.12. The van der Waals surface area contributed by atoms with Gasteiger partial charge in [-0.1, -0.05) is 83.9 Å². The van der Waals surface area contributed by atoms with Crippen LogP contribution in [0.3, 0.4) is 0 Å². The Morgan fingerprint density at radius 1 is 0.900 bits per heavy atom. The van der Waals surface area contributed by atoms with E-state index < -0.39 is 0 Å². The van der Waals surface area contributed by atoms with Crippen molar-refractivity contribution < 1.29 is 0 Å². The van der Waals surface area contributed by atoms with Gasteiger partial charge in [-0.05, 0) is 36.8 Å². The minimum Gasteiger partial charge on any atom is -0.261 e. The molecule has 3 aromatic carbocycles. The Bertz CT molecular complexity index is 1150. The predicted molar refractivity (Wildman–Crippen MR) is 125 cm³/mol. The van der Waals surface area contributed by atoms with Gasteiger partial charge in [-0.15, -0.1) is 0 Å². The van der Waals surface area contributed by atoms with E-state index in [-0.39, 0.29) is 0 Å². The Hall–Kier alpha value is -3.08. The number of aromatic nitrogens is 2. The number of para-hydroxylation sites is 2. The Labute approximate surface area is 186 Å². The van der Waals surface area contributed by atoms with Gasteiger partial charge in [-0.25, -0.2) is 4.68 Å². The molecule has 0 fully saturated rings. The molecule has 0 atom stereocenters. The maximum atomic E-state index is 6.66. The van der Waals surface area contributed by atoms with Crippen molar-refractivity contribution in [3.05, 3.63) is 112 Å². The topological polar surface area (TPSA) is 33.4 Å². The van der Waals surface area contributed by atoms with Crippen molar-refractivity contribution in [2.24, 2.45) is 5.10 Å². The molecule has 4 rings (SSSR count). The van der Waals surface area contributed by atoms with Gasteiger partial charge in [0.15, 0.2) is 0 Å². The molecular weight excluding hydrogens is 415 g/mol. The molecule has 0 amide bonds. The van der Waals surface area contributed by atoms with Crippen molar-refractivity contribution in [1.82, 2.24) is 9.78 Å². The van der Waals surface area contributed by atoms with Crippen LogP contribution in [-0.2, 0) is 6.54 Å². The first-order chi connectivity index (χ1) is 14.6. The molecule has 0 N–H and O–H groups in total. The number of rotatable bonds is 6. The third-order valence-corrected chi connectivity index (χ3v) is 5.37. The lowest BCUT2D eigenvalue weighted by Crippen LogP contribution is -2.16. The van der Waals surface area contributed by atoms with Gasteiger partial charge in [0.1, 0.15) is 5.15 Å². The second-order valence-electron chi connectivity index (χ2n) is 6.78. The SMILES string of the molecule is Cc1nn(-c2ccccc2Cl)c(Cl)c1C=NN(Cc1ccccc1)c1ccccc1. The zero-order chi connectivity index (χ0) is 20.9. The molecule has 0 aliphatic rings. The minimum absolute atomic E-state index is 0.470. The summed E-state index contributed by atoms with van der Waals surface area (Å²) in [5.41, 5.74) is 4.41. The van der Waals surface area contributed by atoms with E-state index in [2.05, 4.69) is 17.2 Å². The van der Waals surface area contributed by atoms with E-state index in [1.165, 1.54) is 0 Å². The van der Waals surface area contributed by atoms with Gasteiger partial charge in [0.25, 0.3) is 0 Å². The van der Waals surface area contributed by atoms with E-state index in [4.69, 9.17) is 28.3 Å². The molecule has 150 valence electrons. The van der Waals surface area contributed by atoms with Crippen LogP contribution in [0, 0.1) is 6.92 Å². The summed E-state index contributed by atoms with van der Waals surface area (Å²) in [5.74, 6) is 0. The average Bonchev–Trinajstić information content (AvgIpc) is 3.06. The number of aryl methyl sites for hydroxylation is 1. The molecule has 0 spiro atoms. The normalized spacial score (nSPS) is 11.2. The van der Waals surface area contributed by atoms with Gasteiger partial charge < -0.3 is 0 Å². The quantitative estimate of drug-likeness (QED) is 0.255. The number of benzene rings is 3. The summed E-state index contributed by atoms with van der Waals surface area (Å²) in [6.45, 7) is 2.54. The molecule has 30 heavy (non-hydrogen) atoms. The summed E-state index contributed by atoms with van der Waals surface area (Å²) in [7, 11) is 0. The highest BCUT2D eigenvalue weighted by molar-refractivity contribution is 6.34. The lowest BCUT2D eigenvalue weighted by atomic mass is 10.2. The molecule has 1 heterocycles. The summed E-state index contributed by atoms with van der Waals surface area (Å²) in [6.07, 6.45) is 1.76. The molecule has 0 unspecified atom stereocenters. The first kappa shape index (κ1) is 20.2. The van der Waals surface area contributed by atoms with Crippen LogP contribution in [0.1, 0.15) is 16.8 Å². The van der Waals surface area contributed by atoms with Crippen LogP contribution < -0.4 is 5.01 Å². The molecule has 0 aliphatic heterocycles. The van der Waals surface area contributed by atoms with Gasteiger partial charge >= 0.3 is 0 Å². The van der Waals surface area contributed by atoms with Gasteiger partial charge in [0.05, 0.1) is 40.4 Å². The third kappa shape index (κ3) is 4.40. The monoisotopic (exact) mass is 434 g/mol. The van der Waals surface area contributed by atoms with Crippen molar-refractivity contribution >= 4 is 35.1 Å². The molecule has 4 nitrogen and oxygen atoms in total. The predicted octanol–water partition coefficient (Wildman–Crippen LogP) is 6.53. The zero-order valence-electron chi connectivity index (χ0n) is 16.4. The number of nitrogens with zero attached hydrogens (tertiary/aromatic N) is 4. The Balaban J connectivity index is 1.68. The van der Waals surface area contributed by atoms with E-state index in [9.17, 15) is 0 Å². The standard InChI is InChI=1S/C24H20Cl2N4/c1-18-21(24(26)30(28-18)23-15-9-8-14-22(23)25)16-27-29(20-12-6-3-7-13-20)17-19-10-4-2-5-11-19/h2-16H,17H2,1H3. The van der Waals surface area contributed by atoms with Crippen LogP contribution in [0.5, 0.6) is 0 Å². The number of halogens is 2. The van der Waals surface area contributed by atoms with Crippen LogP contribution in [0.15, 0.2) is 90.0 Å². The van der Waals surface area contributed by atoms with Crippen molar-refractivity contribution in [2.45, 2.75) is 13.5 Å². The lowest BCUT2D eigenvalue weighted by Gasteiger charge is -2.19. The first-order valence-electron chi connectivity index (χ1n) is 9.54. The average molecular weight is 435 g/mol. The lowest BCUT2D eigenvalue weighted by molar-refractivity contribution is 0.858. The van der Waals surface area contributed by atoms with Crippen LogP contribution in [-0.4, -0.2) is 16.0 Å². The number of hydrogen-bond donors (Lipinski definition) is 0. The molecular formula is C24H20Cl2N4.